The molecule has 0 saturated carbocycles. The Balaban J connectivity index is 1.79. The number of rotatable bonds is 5. The monoisotopic (exact) mass is 300 g/mol. The number of hydrogen-bond acceptors (Lipinski definition) is 4. The molecular formula is C16H20N4S. The summed E-state index contributed by atoms with van der Waals surface area (Å²) in [4.78, 5) is 5.64. The quantitative estimate of drug-likeness (QED) is 0.561. The zero-order valence-electron chi connectivity index (χ0n) is 12.3. The fraction of sp³-hybridized carbons (Fsp3) is 0.312. The normalized spacial score (nSPS) is 13.1. The lowest BCUT2D eigenvalue weighted by Crippen LogP contribution is -2.29. The zero-order chi connectivity index (χ0) is 14.8. The Bertz CT molecular complexity index is 683. The summed E-state index contributed by atoms with van der Waals surface area (Å²) in [6.07, 6.45) is 4.88. The number of nitrogens with two attached hydrogens (primary N) is 1. The van der Waals surface area contributed by atoms with E-state index in [1.807, 2.05) is 11.6 Å². The second kappa shape index (κ2) is 5.97. The Morgan fingerprint density at radius 1 is 1.24 bits per heavy atom. The summed E-state index contributed by atoms with van der Waals surface area (Å²) >= 11 is 1.64. The number of nitrogens with one attached hydrogen (secondary N) is 1. The summed E-state index contributed by atoms with van der Waals surface area (Å²) in [7, 11) is 0. The van der Waals surface area contributed by atoms with E-state index >= 15 is 0 Å². The van der Waals surface area contributed by atoms with Crippen molar-refractivity contribution in [1.82, 2.24) is 14.8 Å². The molecule has 0 fully saturated rings. The number of nitrogens with zero attached hydrogens (tertiary/aromatic N) is 2. The van der Waals surface area contributed by atoms with Gasteiger partial charge in [0.25, 0.3) is 0 Å². The molecule has 0 aliphatic heterocycles. The van der Waals surface area contributed by atoms with Crippen LogP contribution in [0.4, 0.5) is 0 Å². The third kappa shape index (κ3) is 3.00. The van der Waals surface area contributed by atoms with Crippen LogP contribution in [-0.2, 0) is 6.42 Å². The van der Waals surface area contributed by atoms with E-state index < -0.39 is 0 Å². The van der Waals surface area contributed by atoms with E-state index in [9.17, 15) is 0 Å². The Labute approximate surface area is 128 Å². The van der Waals surface area contributed by atoms with Gasteiger partial charge < -0.3 is 0 Å². The van der Waals surface area contributed by atoms with Crippen LogP contribution in [0.5, 0.6) is 0 Å². The van der Waals surface area contributed by atoms with Crippen molar-refractivity contribution in [3.8, 4) is 0 Å². The number of benzene rings is 1. The molecule has 2 aromatic heterocycles. The van der Waals surface area contributed by atoms with Crippen LogP contribution in [-0.4, -0.2) is 9.38 Å². The molecule has 2 heterocycles. The number of thiazole rings is 1. The maximum atomic E-state index is 5.74. The second-order valence-electron chi connectivity index (χ2n) is 5.57. The minimum Gasteiger partial charge on any atom is -0.297 e. The summed E-state index contributed by atoms with van der Waals surface area (Å²) in [5.41, 5.74) is 6.50. The number of hydrogen-bond donors (Lipinski definition) is 2. The van der Waals surface area contributed by atoms with E-state index in [1.54, 1.807) is 11.3 Å². The highest BCUT2D eigenvalue weighted by Gasteiger charge is 2.13. The predicted molar refractivity (Wildman–Crippen MR) is 87.4 cm³/mol. The molecule has 3 rings (SSSR count). The van der Waals surface area contributed by atoms with Crippen molar-refractivity contribution in [3.63, 3.8) is 0 Å². The van der Waals surface area contributed by atoms with E-state index in [4.69, 9.17) is 5.84 Å². The molecule has 3 N–H and O–H groups in total. The van der Waals surface area contributed by atoms with E-state index in [1.165, 1.54) is 11.1 Å². The van der Waals surface area contributed by atoms with Gasteiger partial charge in [0.1, 0.15) is 0 Å². The fourth-order valence-corrected chi connectivity index (χ4v) is 3.19. The number of hydrazine groups is 1. The number of imidazole rings is 1. The van der Waals surface area contributed by atoms with Crippen LogP contribution in [0.15, 0.2) is 42.0 Å². The van der Waals surface area contributed by atoms with Crippen LogP contribution < -0.4 is 11.3 Å². The standard InChI is InChI=1S/C16H20N4S/c1-11(2)12-3-5-13(6-4-12)15(19-17)9-14-10-20-7-8-21-16(20)18-14/h3-8,10-11,15,19H,9,17H2,1-2H3. The van der Waals surface area contributed by atoms with Crippen molar-refractivity contribution < 1.29 is 0 Å². The van der Waals surface area contributed by atoms with Crippen molar-refractivity contribution in [3.05, 3.63) is 58.9 Å². The molecule has 0 aliphatic rings. The van der Waals surface area contributed by atoms with Crippen LogP contribution in [0.25, 0.3) is 4.96 Å². The molecule has 0 amide bonds. The lowest BCUT2D eigenvalue weighted by Gasteiger charge is -2.16. The van der Waals surface area contributed by atoms with Gasteiger partial charge in [-0.25, -0.2) is 4.98 Å². The van der Waals surface area contributed by atoms with Crippen molar-refractivity contribution in [2.75, 3.05) is 0 Å². The highest BCUT2D eigenvalue weighted by molar-refractivity contribution is 7.15. The van der Waals surface area contributed by atoms with Gasteiger partial charge in [0.2, 0.25) is 0 Å². The van der Waals surface area contributed by atoms with Gasteiger partial charge in [-0.2, -0.15) is 0 Å². The molecule has 0 spiro atoms. The molecule has 5 heteroatoms. The number of fused-ring (bicyclic) bond motifs is 1. The predicted octanol–water partition coefficient (Wildman–Crippen LogP) is 3.27. The van der Waals surface area contributed by atoms with Gasteiger partial charge in [-0.15, -0.1) is 11.3 Å². The molecule has 3 aromatic rings. The van der Waals surface area contributed by atoms with E-state index in [2.05, 4.69) is 59.1 Å². The first-order valence-corrected chi connectivity index (χ1v) is 8.02. The molecule has 1 unspecified atom stereocenters. The van der Waals surface area contributed by atoms with Gasteiger partial charge in [-0.1, -0.05) is 38.1 Å². The molecule has 110 valence electrons. The van der Waals surface area contributed by atoms with Crippen molar-refractivity contribution in [2.24, 2.45) is 5.84 Å². The molecule has 21 heavy (non-hydrogen) atoms. The van der Waals surface area contributed by atoms with Gasteiger partial charge >= 0.3 is 0 Å². The number of aromatic nitrogens is 2. The van der Waals surface area contributed by atoms with Crippen LogP contribution in [0.2, 0.25) is 0 Å². The summed E-state index contributed by atoms with van der Waals surface area (Å²) in [5.74, 6) is 6.28. The van der Waals surface area contributed by atoms with Crippen LogP contribution in [0.3, 0.4) is 0 Å². The Kier molecular flexibility index (Phi) is 4.05. The first-order chi connectivity index (χ1) is 10.2. The second-order valence-corrected chi connectivity index (χ2v) is 6.44. The average molecular weight is 300 g/mol. The first kappa shape index (κ1) is 14.3. The van der Waals surface area contributed by atoms with Gasteiger partial charge in [0, 0.05) is 24.2 Å². The third-order valence-electron chi connectivity index (χ3n) is 3.76. The van der Waals surface area contributed by atoms with Gasteiger partial charge in [-0.05, 0) is 17.0 Å². The smallest absolute Gasteiger partial charge is 0.193 e. The van der Waals surface area contributed by atoms with Crippen molar-refractivity contribution >= 4 is 16.3 Å². The van der Waals surface area contributed by atoms with Crippen molar-refractivity contribution in [2.45, 2.75) is 32.2 Å². The van der Waals surface area contributed by atoms with Crippen LogP contribution in [0, 0.1) is 0 Å². The molecule has 4 nitrogen and oxygen atoms in total. The lowest BCUT2D eigenvalue weighted by molar-refractivity contribution is 0.547. The summed E-state index contributed by atoms with van der Waals surface area (Å²) in [6, 6.07) is 8.73. The molecular weight excluding hydrogens is 280 g/mol. The highest BCUT2D eigenvalue weighted by Crippen LogP contribution is 2.22. The van der Waals surface area contributed by atoms with Crippen LogP contribution >= 0.6 is 11.3 Å². The highest BCUT2D eigenvalue weighted by atomic mass is 32.1. The molecule has 0 saturated heterocycles. The maximum Gasteiger partial charge on any atom is 0.193 e. The first-order valence-electron chi connectivity index (χ1n) is 7.14. The summed E-state index contributed by atoms with van der Waals surface area (Å²) in [6.45, 7) is 4.40. The van der Waals surface area contributed by atoms with Crippen molar-refractivity contribution in [1.29, 1.82) is 0 Å². The molecule has 1 aromatic carbocycles. The minimum atomic E-state index is 0.0795. The van der Waals surface area contributed by atoms with Gasteiger partial charge in [0.15, 0.2) is 4.96 Å². The Hall–Kier alpha value is -1.69. The topological polar surface area (TPSA) is 55.3 Å². The van der Waals surface area contributed by atoms with Crippen LogP contribution in [0.1, 0.15) is 42.6 Å². The average Bonchev–Trinajstić information content (AvgIpc) is 3.06. The molecule has 1 atom stereocenters. The maximum absolute atomic E-state index is 5.74. The van der Waals surface area contributed by atoms with Gasteiger partial charge in [-0.3, -0.25) is 15.7 Å². The summed E-state index contributed by atoms with van der Waals surface area (Å²) in [5, 5.41) is 2.04. The summed E-state index contributed by atoms with van der Waals surface area (Å²) < 4.78 is 2.05. The molecule has 0 aliphatic carbocycles. The van der Waals surface area contributed by atoms with E-state index in [-0.39, 0.29) is 6.04 Å². The zero-order valence-corrected chi connectivity index (χ0v) is 13.1. The molecule has 0 radical (unpaired) electrons. The lowest BCUT2D eigenvalue weighted by atomic mass is 9.97. The molecule has 0 bridgehead atoms. The Morgan fingerprint density at radius 2 is 1.95 bits per heavy atom. The van der Waals surface area contributed by atoms with Gasteiger partial charge in [0.05, 0.1) is 11.7 Å². The third-order valence-corrected chi connectivity index (χ3v) is 4.53. The van der Waals surface area contributed by atoms with E-state index in [0.29, 0.717) is 5.92 Å². The minimum absolute atomic E-state index is 0.0795. The SMILES string of the molecule is CC(C)c1ccc(C(Cc2cn3ccsc3n2)NN)cc1. The van der Waals surface area contributed by atoms with E-state index in [0.717, 1.165) is 17.1 Å². The fourth-order valence-electron chi connectivity index (χ4n) is 2.47. The Morgan fingerprint density at radius 3 is 2.57 bits per heavy atom. The largest absolute Gasteiger partial charge is 0.297 e.